The number of carbonyl (C=O) groups is 3. The van der Waals surface area contributed by atoms with Gasteiger partial charge in [-0.3, -0.25) is 14.4 Å². The van der Waals surface area contributed by atoms with Crippen molar-refractivity contribution in [1.29, 1.82) is 0 Å². The molecule has 6 heteroatoms. The standard InChI is InChI=1S/C77H114O6/c1-4-7-10-13-16-19-22-25-27-29-30-31-32-33-34-35-36-37-38-39-40-41-42-43-44-45-46-48-49-52-55-58-61-64-67-70-76(79)82-73-74(72-81-75(78)69-66-63-60-57-54-51-24-21-18-15-12-9-6-3)83-77(80)71-68-65-62-59-56-53-50-47-28-26-23-20-17-14-11-8-5-2/h7-12,16-21,25-28,30-31,33-34,36-37,39-40,42-43,45-46,49-54,60,63,74H,4-6,13-15,22-24,29,32,35,38,41,44,47-48,55-59,61-62,64-73H2,1-3H3/b10-7-,11-8-,12-9-,19-16-,20-17-,21-18-,27-25-,28-26-,31-30-,34-33-,37-36-,40-39-,43-42-,46-45-,52-49-,53-50-,54-51-,63-60-. The van der Waals surface area contributed by atoms with Crippen molar-refractivity contribution in [3.05, 3.63) is 219 Å². The molecule has 1 unspecified atom stereocenters. The van der Waals surface area contributed by atoms with Crippen LogP contribution in [0.15, 0.2) is 219 Å². The summed E-state index contributed by atoms with van der Waals surface area (Å²) in [7, 11) is 0. The Bertz CT molecular complexity index is 2080. The summed E-state index contributed by atoms with van der Waals surface area (Å²) in [5.41, 5.74) is 0. The van der Waals surface area contributed by atoms with Gasteiger partial charge in [-0.05, 0) is 161 Å². The number of hydrogen-bond acceptors (Lipinski definition) is 6. The predicted molar refractivity (Wildman–Crippen MR) is 361 cm³/mol. The van der Waals surface area contributed by atoms with Crippen LogP contribution >= 0.6 is 0 Å². The average Bonchev–Trinajstić information content (AvgIpc) is 3.49. The lowest BCUT2D eigenvalue weighted by Crippen LogP contribution is -2.30. The fraction of sp³-hybridized carbons (Fsp3) is 0.494. The summed E-state index contributed by atoms with van der Waals surface area (Å²) >= 11 is 0. The molecule has 6 nitrogen and oxygen atoms in total. The fourth-order valence-corrected chi connectivity index (χ4v) is 7.77. The van der Waals surface area contributed by atoms with Gasteiger partial charge in [-0.1, -0.05) is 265 Å². The first-order valence-corrected chi connectivity index (χ1v) is 32.2. The van der Waals surface area contributed by atoms with Crippen LogP contribution < -0.4 is 0 Å². The molecule has 83 heavy (non-hydrogen) atoms. The van der Waals surface area contributed by atoms with Gasteiger partial charge in [-0.2, -0.15) is 0 Å². The molecule has 1 atom stereocenters. The van der Waals surface area contributed by atoms with Crippen LogP contribution in [0.2, 0.25) is 0 Å². The van der Waals surface area contributed by atoms with Crippen molar-refractivity contribution in [3.8, 4) is 0 Å². The second-order valence-corrected chi connectivity index (χ2v) is 20.2. The van der Waals surface area contributed by atoms with E-state index in [9.17, 15) is 14.4 Å². The maximum atomic E-state index is 12.9. The van der Waals surface area contributed by atoms with Gasteiger partial charge in [0.2, 0.25) is 0 Å². The topological polar surface area (TPSA) is 78.9 Å². The number of rotatable bonds is 55. The van der Waals surface area contributed by atoms with E-state index in [0.29, 0.717) is 19.3 Å². The summed E-state index contributed by atoms with van der Waals surface area (Å²) in [5.74, 6) is -1.08. The van der Waals surface area contributed by atoms with Crippen LogP contribution in [-0.2, 0) is 28.6 Å². The molecule has 0 N–H and O–H groups in total. The molecular formula is C77H114O6. The number of ether oxygens (including phenoxy) is 3. The quantitative estimate of drug-likeness (QED) is 0.0261. The van der Waals surface area contributed by atoms with Gasteiger partial charge in [0.1, 0.15) is 13.2 Å². The van der Waals surface area contributed by atoms with Crippen LogP contribution in [0.1, 0.15) is 226 Å². The van der Waals surface area contributed by atoms with Gasteiger partial charge in [0.05, 0.1) is 0 Å². The Kier molecular flexibility index (Phi) is 63.1. The largest absolute Gasteiger partial charge is 0.462 e. The molecule has 0 aliphatic heterocycles. The molecule has 0 saturated carbocycles. The van der Waals surface area contributed by atoms with Gasteiger partial charge in [-0.15, -0.1) is 0 Å². The first-order chi connectivity index (χ1) is 41.0. The molecular weight excluding hydrogens is 1020 g/mol. The highest BCUT2D eigenvalue weighted by atomic mass is 16.6. The molecule has 0 fully saturated rings. The molecule has 0 aromatic heterocycles. The van der Waals surface area contributed by atoms with Crippen LogP contribution in [0.25, 0.3) is 0 Å². The third kappa shape index (κ3) is 66.4. The third-order valence-electron chi connectivity index (χ3n) is 12.5. The Morgan fingerprint density at radius 3 is 0.735 bits per heavy atom. The van der Waals surface area contributed by atoms with E-state index in [1.807, 2.05) is 12.2 Å². The molecule has 0 radical (unpaired) electrons. The van der Waals surface area contributed by atoms with Crippen molar-refractivity contribution >= 4 is 17.9 Å². The van der Waals surface area contributed by atoms with Gasteiger partial charge in [0.25, 0.3) is 0 Å². The minimum absolute atomic E-state index is 0.136. The van der Waals surface area contributed by atoms with E-state index in [1.165, 1.54) is 0 Å². The zero-order chi connectivity index (χ0) is 59.9. The Balaban J connectivity index is 4.44. The number of hydrogen-bond donors (Lipinski definition) is 0. The van der Waals surface area contributed by atoms with E-state index in [2.05, 4.69) is 227 Å². The zero-order valence-corrected chi connectivity index (χ0v) is 52.4. The van der Waals surface area contributed by atoms with Crippen molar-refractivity contribution < 1.29 is 28.6 Å². The van der Waals surface area contributed by atoms with Gasteiger partial charge in [0, 0.05) is 19.3 Å². The predicted octanol–water partition coefficient (Wildman–Crippen LogP) is 22.5. The Hall–Kier alpha value is -6.27. The summed E-state index contributed by atoms with van der Waals surface area (Å²) < 4.78 is 16.8. The highest BCUT2D eigenvalue weighted by Crippen LogP contribution is 2.12. The lowest BCUT2D eigenvalue weighted by atomic mass is 10.1. The van der Waals surface area contributed by atoms with Crippen LogP contribution in [0.3, 0.4) is 0 Å². The summed E-state index contributed by atoms with van der Waals surface area (Å²) in [5, 5.41) is 0. The Morgan fingerprint density at radius 1 is 0.241 bits per heavy atom. The monoisotopic (exact) mass is 1130 g/mol. The summed E-state index contributed by atoms with van der Waals surface area (Å²) in [6.07, 6.45) is 107. The molecule has 0 aromatic carbocycles. The molecule has 0 aliphatic rings. The van der Waals surface area contributed by atoms with Crippen molar-refractivity contribution in [1.82, 2.24) is 0 Å². The van der Waals surface area contributed by atoms with Crippen molar-refractivity contribution in [2.24, 2.45) is 0 Å². The number of allylic oxidation sites excluding steroid dienone is 36. The SMILES string of the molecule is CC/C=C\C/C=C\C/C=C\C/C=C\C/C=C\C/C=C\C/C=C\C/C=C\C/C=C\C/C=C\CCCCCCC(=O)OCC(COC(=O)CC/C=C\C/C=C\C/C=C\C/C=C\CC)OC(=O)CCCCCC/C=C\C/C=C\C/C=C\C/C=C\CC. The molecule has 0 bridgehead atoms. The summed E-state index contributed by atoms with van der Waals surface area (Å²) in [6.45, 7) is 6.16. The molecule has 0 saturated heterocycles. The lowest BCUT2D eigenvalue weighted by molar-refractivity contribution is -0.166. The molecule has 0 aliphatic carbocycles. The molecule has 0 amide bonds. The zero-order valence-electron chi connectivity index (χ0n) is 52.4. The van der Waals surface area contributed by atoms with Gasteiger partial charge in [0.15, 0.2) is 6.10 Å². The number of unbranched alkanes of at least 4 members (excludes halogenated alkanes) is 8. The summed E-state index contributed by atoms with van der Waals surface area (Å²) in [6, 6.07) is 0. The maximum absolute atomic E-state index is 12.9. The van der Waals surface area contributed by atoms with E-state index in [0.717, 1.165) is 173 Å². The normalized spacial score (nSPS) is 13.6. The first-order valence-electron chi connectivity index (χ1n) is 32.2. The van der Waals surface area contributed by atoms with Gasteiger partial charge in [-0.25, -0.2) is 0 Å². The van der Waals surface area contributed by atoms with Crippen LogP contribution in [-0.4, -0.2) is 37.2 Å². The Morgan fingerprint density at radius 2 is 0.458 bits per heavy atom. The van der Waals surface area contributed by atoms with E-state index in [1.54, 1.807) is 0 Å². The van der Waals surface area contributed by atoms with Crippen LogP contribution in [0, 0.1) is 0 Å². The second kappa shape index (κ2) is 68.2. The lowest BCUT2D eigenvalue weighted by Gasteiger charge is -2.18. The van der Waals surface area contributed by atoms with Crippen molar-refractivity contribution in [2.75, 3.05) is 13.2 Å². The molecule has 0 rings (SSSR count). The minimum atomic E-state index is -0.845. The van der Waals surface area contributed by atoms with E-state index < -0.39 is 6.10 Å². The summed E-state index contributed by atoms with van der Waals surface area (Å²) in [4.78, 5) is 38.2. The van der Waals surface area contributed by atoms with Crippen molar-refractivity contribution in [3.63, 3.8) is 0 Å². The smallest absolute Gasteiger partial charge is 0.306 e. The highest BCUT2D eigenvalue weighted by molar-refractivity contribution is 5.71. The molecule has 458 valence electrons. The van der Waals surface area contributed by atoms with Crippen LogP contribution in [0.5, 0.6) is 0 Å². The maximum Gasteiger partial charge on any atom is 0.306 e. The average molecular weight is 1140 g/mol. The fourth-order valence-electron chi connectivity index (χ4n) is 7.77. The number of carbonyl (C=O) groups excluding carboxylic acids is 3. The van der Waals surface area contributed by atoms with Gasteiger partial charge >= 0.3 is 17.9 Å². The first kappa shape index (κ1) is 76.7. The third-order valence-corrected chi connectivity index (χ3v) is 12.5. The van der Waals surface area contributed by atoms with E-state index in [4.69, 9.17) is 14.2 Å². The van der Waals surface area contributed by atoms with Gasteiger partial charge < -0.3 is 14.2 Å². The highest BCUT2D eigenvalue weighted by Gasteiger charge is 2.19. The van der Waals surface area contributed by atoms with Crippen molar-refractivity contribution in [2.45, 2.75) is 232 Å². The molecule has 0 heterocycles. The minimum Gasteiger partial charge on any atom is -0.462 e. The van der Waals surface area contributed by atoms with E-state index >= 15 is 0 Å². The molecule has 0 spiro atoms. The second-order valence-electron chi connectivity index (χ2n) is 20.2. The number of esters is 3. The molecule has 0 aromatic rings. The Labute approximate surface area is 508 Å². The van der Waals surface area contributed by atoms with Crippen LogP contribution in [0.4, 0.5) is 0 Å². The van der Waals surface area contributed by atoms with E-state index in [-0.39, 0.29) is 44.0 Å².